The number of hydrogen-bond donors (Lipinski definition) is 3. The smallest absolute Gasteiger partial charge is 0.330 e. The van der Waals surface area contributed by atoms with Crippen LogP contribution in [0.5, 0.6) is 5.75 Å². The number of methoxy groups -OCH3 is 1. The SMILES string of the molecule is COc1ccc(C(O[13CH2][13C@H]2O[13C@@H]([15n]3[13cH]cc(=O)[15nH]c3=O)[13C@H](O)[13C@@H]2O)(c2ccccc2)c2ccccc2)cc1. The number of rotatable bonds is 8. The van der Waals surface area contributed by atoms with E-state index in [1.807, 2.05) is 84.9 Å². The topological polar surface area (TPSA) is 123 Å². The molecule has 2 heterocycles. The summed E-state index contributed by atoms with van der Waals surface area (Å²) in [5, 5.41) is 21.6. The van der Waals surface area contributed by atoms with Crippen LogP contribution in [0.2, 0.25) is 0 Å². The second-order valence-corrected chi connectivity index (χ2v) is 9.02. The summed E-state index contributed by atoms with van der Waals surface area (Å²) in [5.74, 6) is 0.690. The summed E-state index contributed by atoms with van der Waals surface area (Å²) >= 11 is 0. The summed E-state index contributed by atoms with van der Waals surface area (Å²) in [4.78, 5) is 25.9. The van der Waals surface area contributed by atoms with Gasteiger partial charge >= 0.3 is 5.69 Å². The average molecular weight is 524 g/mol. The molecule has 0 unspecified atom stereocenters. The van der Waals surface area contributed by atoms with E-state index >= 15 is 0 Å². The average Bonchev–Trinajstić information content (AvgIpc) is 3.23. The maximum Gasteiger partial charge on any atom is 0.330 e. The number of nitrogens with zero attached hydrogens (tertiary/aromatic N) is 1. The molecule has 3 aromatic carbocycles. The quantitative estimate of drug-likeness (QED) is 0.239. The number of H-pyrrole nitrogens is 1. The fourth-order valence-electron chi connectivity index (χ4n) is 4.85. The number of hydrogen-bond acceptors (Lipinski definition) is 7. The van der Waals surface area contributed by atoms with Gasteiger partial charge in [-0.3, -0.25) is 14.3 Å². The summed E-state index contributed by atoms with van der Waals surface area (Å²) in [6, 6.07) is 28.0. The Morgan fingerprint density at radius 1 is 0.842 bits per heavy atom. The van der Waals surface area contributed by atoms with Crippen LogP contribution in [0.1, 0.15) is 22.9 Å². The molecule has 0 saturated carbocycles. The van der Waals surface area contributed by atoms with Crippen molar-refractivity contribution in [3.8, 4) is 5.75 Å². The molecule has 4 aromatic rings. The Morgan fingerprint density at radius 3 is 1.97 bits per heavy atom. The van der Waals surface area contributed by atoms with Crippen LogP contribution < -0.4 is 16.0 Å². The van der Waals surface area contributed by atoms with Gasteiger partial charge in [-0.05, 0) is 28.8 Å². The molecule has 38 heavy (non-hydrogen) atoms. The van der Waals surface area contributed by atoms with E-state index in [-0.39, 0.29) is 6.61 Å². The highest BCUT2D eigenvalue weighted by molar-refractivity contribution is 5.48. The number of benzene rings is 3. The molecule has 1 aliphatic heterocycles. The Balaban J connectivity index is 1.54. The Labute approximate surface area is 218 Å². The van der Waals surface area contributed by atoms with Crippen molar-refractivity contribution >= 4 is 0 Å². The van der Waals surface area contributed by atoms with Crippen molar-refractivity contribution in [2.45, 2.75) is 30.1 Å². The summed E-state index contributed by atoms with van der Waals surface area (Å²) in [6.45, 7) is -0.122. The van der Waals surface area contributed by atoms with Gasteiger partial charge in [0.2, 0.25) is 0 Å². The third-order valence-corrected chi connectivity index (χ3v) is 6.78. The molecule has 1 saturated heterocycles. The second kappa shape index (κ2) is 10.8. The van der Waals surface area contributed by atoms with E-state index in [0.717, 1.165) is 27.3 Å². The van der Waals surface area contributed by atoms with Crippen molar-refractivity contribution in [1.29, 1.82) is 0 Å². The van der Waals surface area contributed by atoms with Gasteiger partial charge in [0, 0.05) is 12.3 Å². The van der Waals surface area contributed by atoms with Gasteiger partial charge in [0.15, 0.2) is 6.23 Å². The first-order valence-corrected chi connectivity index (χ1v) is 12.2. The minimum absolute atomic E-state index is 0.122. The molecule has 9 nitrogen and oxygen atoms in total. The van der Waals surface area contributed by atoms with Gasteiger partial charge in [-0.1, -0.05) is 72.8 Å². The number of aliphatic hydroxyl groups excluding tert-OH is 2. The van der Waals surface area contributed by atoms with Crippen molar-refractivity contribution in [3.05, 3.63) is 135 Å². The predicted octanol–water partition coefficient (Wildman–Crippen LogP) is 2.17. The van der Waals surface area contributed by atoms with Crippen molar-refractivity contribution in [1.82, 2.24) is 9.55 Å². The molecule has 0 spiro atoms. The lowest BCUT2D eigenvalue weighted by molar-refractivity contribution is -0.0958. The van der Waals surface area contributed by atoms with E-state index in [0.29, 0.717) is 5.75 Å². The predicted molar refractivity (Wildman–Crippen MR) is 139 cm³/mol. The fourth-order valence-corrected chi connectivity index (χ4v) is 4.85. The van der Waals surface area contributed by atoms with Crippen LogP contribution in [0.25, 0.3) is 0 Å². The molecule has 9 heteroatoms. The van der Waals surface area contributed by atoms with E-state index < -0.39 is 41.4 Å². The molecule has 1 aromatic heterocycles. The molecule has 0 amide bonds. The lowest BCUT2D eigenvalue weighted by Gasteiger charge is -2.37. The highest BCUT2D eigenvalue weighted by Gasteiger charge is 2.46. The first-order chi connectivity index (χ1) is 18.4. The van der Waals surface area contributed by atoms with Gasteiger partial charge < -0.3 is 24.4 Å². The normalized spacial score (nSPS) is 21.3. The molecule has 1 fully saturated rings. The Hall–Kier alpha value is -4.02. The van der Waals surface area contributed by atoms with Gasteiger partial charge in [-0.15, -0.1) is 0 Å². The van der Waals surface area contributed by atoms with Crippen LogP contribution in [-0.2, 0) is 15.1 Å². The minimum atomic E-state index is -1.42. The van der Waals surface area contributed by atoms with Gasteiger partial charge in [-0.2, -0.15) is 0 Å². The molecule has 4 atom stereocenters. The second-order valence-electron chi connectivity index (χ2n) is 9.02. The lowest BCUT2D eigenvalue weighted by Crippen LogP contribution is -2.40. The van der Waals surface area contributed by atoms with Crippen LogP contribution in [0.3, 0.4) is 0 Å². The van der Waals surface area contributed by atoms with Crippen LogP contribution in [-0.4, -0.2) is 51.8 Å². The first kappa shape index (κ1) is 25.6. The number of aromatic amines is 1. The van der Waals surface area contributed by atoms with Crippen LogP contribution in [0, 0.1) is 0 Å². The third-order valence-electron chi connectivity index (χ3n) is 6.78. The summed E-state index contributed by atoms with van der Waals surface area (Å²) in [7, 11) is 1.60. The molecule has 196 valence electrons. The van der Waals surface area contributed by atoms with E-state index in [9.17, 15) is 19.8 Å². The Bertz CT molecular complexity index is 1430. The Morgan fingerprint density at radius 2 is 1.42 bits per heavy atom. The maximum absolute atomic E-state index is 12.3. The lowest BCUT2D eigenvalue weighted by atomic mass is 9.80. The summed E-state index contributed by atoms with van der Waals surface area (Å²) in [5.41, 5.74) is 0.0776. The van der Waals surface area contributed by atoms with E-state index in [1.165, 1.54) is 6.20 Å². The highest BCUT2D eigenvalue weighted by atomic mass is 16.8. The zero-order valence-electron chi connectivity index (χ0n) is 20.6. The van der Waals surface area contributed by atoms with E-state index in [4.69, 9.17) is 14.2 Å². The van der Waals surface area contributed by atoms with Crippen molar-refractivity contribution in [2.75, 3.05) is 13.7 Å². The largest absolute Gasteiger partial charge is 0.497 e. The van der Waals surface area contributed by atoms with Crippen molar-refractivity contribution in [2.24, 2.45) is 0 Å². The maximum atomic E-state index is 12.3. The summed E-state index contributed by atoms with van der Waals surface area (Å²) in [6.07, 6.45) is -3.72. The molecule has 3 N–H and O–H groups in total. The van der Waals surface area contributed by atoms with Crippen molar-refractivity contribution in [3.63, 3.8) is 0 Å². The number of aromatic nitrogens is 2. The fraction of sp³-hybridized carbons (Fsp3) is 0.241. The highest BCUT2D eigenvalue weighted by Crippen LogP contribution is 2.42. The zero-order valence-corrected chi connectivity index (χ0v) is 20.6. The van der Waals surface area contributed by atoms with Crippen LogP contribution >= 0.6 is 0 Å². The molecular weight excluding hydrogens is 496 g/mol. The van der Waals surface area contributed by atoms with E-state index in [2.05, 4.69) is 4.98 Å². The molecular formula is C29H28N2O7. The van der Waals surface area contributed by atoms with E-state index in [1.54, 1.807) is 7.11 Å². The third kappa shape index (κ3) is 4.68. The van der Waals surface area contributed by atoms with Gasteiger partial charge in [0.25, 0.3) is 5.56 Å². The van der Waals surface area contributed by atoms with Crippen LogP contribution in [0.15, 0.2) is 107 Å². The minimum Gasteiger partial charge on any atom is -0.497 e. The number of nitrogens with one attached hydrogen (secondary N) is 1. The van der Waals surface area contributed by atoms with Gasteiger partial charge in [0.05, 0.1) is 13.7 Å². The zero-order chi connectivity index (χ0) is 26.7. The molecule has 0 bridgehead atoms. The monoisotopic (exact) mass is 524 g/mol. The molecule has 5 rings (SSSR count). The Kier molecular flexibility index (Phi) is 7.26. The standard InChI is InChI=1S/C29H28N2O7/c1-36-22-14-12-21(13-15-22)29(19-8-4-2-5-9-19,20-10-6-3-7-11-20)37-18-23-25(33)26(34)27(38-23)31-17-16-24(32)30-28(31)35/h2-17,23,25-27,33-34H,18H2,1H3,(H,30,32,35)/t23-,25-,26-,27-/m1/s1/i17+1,18+1,23+1,25+1,26+1,27+1,30+1,31+1. The number of aliphatic hydroxyl groups is 2. The molecule has 0 aliphatic carbocycles. The van der Waals surface area contributed by atoms with Gasteiger partial charge in [-0.25, -0.2) is 4.79 Å². The number of ether oxygens (including phenoxy) is 3. The van der Waals surface area contributed by atoms with Gasteiger partial charge in [0.1, 0.15) is 29.7 Å². The molecule has 1 aliphatic rings. The van der Waals surface area contributed by atoms with Crippen LogP contribution in [0.4, 0.5) is 0 Å². The summed E-state index contributed by atoms with van der Waals surface area (Å²) < 4.78 is 19.0. The van der Waals surface area contributed by atoms with Crippen molar-refractivity contribution < 1.29 is 24.4 Å². The molecule has 0 radical (unpaired) electrons. The first-order valence-electron chi connectivity index (χ1n) is 12.2.